The van der Waals surface area contributed by atoms with Crippen LogP contribution < -0.4 is 16.6 Å². The fraction of sp³-hybridized carbons (Fsp3) is 0.450. The van der Waals surface area contributed by atoms with Crippen LogP contribution in [-0.2, 0) is 9.47 Å². The van der Waals surface area contributed by atoms with E-state index in [0.717, 1.165) is 4.57 Å². The lowest BCUT2D eigenvalue weighted by Gasteiger charge is -2.20. The van der Waals surface area contributed by atoms with Crippen LogP contribution in [0.15, 0.2) is 40.1 Å². The van der Waals surface area contributed by atoms with Gasteiger partial charge < -0.3 is 19.7 Å². The number of carbonyl (C=O) groups is 1. The lowest BCUT2D eigenvalue weighted by atomic mass is 10.1. The normalized spacial score (nSPS) is 21.4. The summed E-state index contributed by atoms with van der Waals surface area (Å²) in [6.07, 6.45) is -1.91. The highest BCUT2D eigenvalue weighted by Gasteiger charge is 2.35. The average Bonchev–Trinajstić information content (AvgIpc) is 3.01. The number of carbonyl (C=O) groups excluding carboxylic acids is 1. The first-order chi connectivity index (χ1) is 14.1. The van der Waals surface area contributed by atoms with Crippen molar-refractivity contribution in [2.24, 2.45) is 0 Å². The highest BCUT2D eigenvalue weighted by Crippen LogP contribution is 2.30. The van der Waals surface area contributed by atoms with Gasteiger partial charge in [-0.05, 0) is 26.8 Å². The molecule has 1 aliphatic rings. The van der Waals surface area contributed by atoms with Crippen molar-refractivity contribution >= 4 is 11.8 Å². The molecule has 10 heteroatoms. The minimum atomic E-state index is -0.941. The van der Waals surface area contributed by atoms with E-state index in [2.05, 4.69) is 10.3 Å². The molecule has 10 nitrogen and oxygen atoms in total. The maximum Gasteiger partial charge on any atom is 0.412 e. The van der Waals surface area contributed by atoms with Gasteiger partial charge in [0.25, 0.3) is 5.56 Å². The topological polar surface area (TPSA) is 143 Å². The summed E-state index contributed by atoms with van der Waals surface area (Å²) in [6.45, 7) is 4.80. The van der Waals surface area contributed by atoms with Crippen molar-refractivity contribution in [2.75, 3.05) is 11.9 Å². The van der Waals surface area contributed by atoms with Crippen molar-refractivity contribution in [1.82, 2.24) is 9.55 Å². The van der Waals surface area contributed by atoms with Crippen LogP contribution in [0.5, 0.6) is 0 Å². The first-order valence-electron chi connectivity index (χ1n) is 9.48. The molecule has 3 atom stereocenters. The summed E-state index contributed by atoms with van der Waals surface area (Å²) in [6, 6.07) is 6.59. The summed E-state index contributed by atoms with van der Waals surface area (Å²) in [5, 5.41) is 21.8. The fourth-order valence-corrected chi connectivity index (χ4v) is 3.18. The van der Waals surface area contributed by atoms with Gasteiger partial charge in [-0.15, -0.1) is 0 Å². The molecular weight excluding hydrogens is 394 g/mol. The number of ether oxygens (including phenoxy) is 2. The molecule has 1 saturated heterocycles. The van der Waals surface area contributed by atoms with Gasteiger partial charge in [-0.2, -0.15) is 0 Å². The van der Waals surface area contributed by atoms with E-state index in [0.29, 0.717) is 11.3 Å². The van der Waals surface area contributed by atoms with Gasteiger partial charge in [0.05, 0.1) is 24.0 Å². The third-order valence-corrected chi connectivity index (χ3v) is 4.51. The van der Waals surface area contributed by atoms with Gasteiger partial charge in [0.2, 0.25) is 0 Å². The third kappa shape index (κ3) is 4.78. The number of aromatic amines is 1. The third-order valence-electron chi connectivity index (χ3n) is 4.51. The number of anilines is 1. The van der Waals surface area contributed by atoms with Crippen LogP contribution in [0.2, 0.25) is 0 Å². The predicted molar refractivity (Wildman–Crippen MR) is 108 cm³/mol. The van der Waals surface area contributed by atoms with Gasteiger partial charge in [-0.25, -0.2) is 9.59 Å². The highest BCUT2D eigenvalue weighted by atomic mass is 16.6. The molecule has 0 spiro atoms. The van der Waals surface area contributed by atoms with Gasteiger partial charge in [0.1, 0.15) is 17.9 Å². The van der Waals surface area contributed by atoms with Gasteiger partial charge in [-0.1, -0.05) is 18.2 Å². The number of hydrogen-bond acceptors (Lipinski definition) is 7. The maximum atomic E-state index is 12.5. The predicted octanol–water partition coefficient (Wildman–Crippen LogP) is 1.19. The second-order valence-corrected chi connectivity index (χ2v) is 8.00. The Morgan fingerprint density at radius 1 is 1.30 bits per heavy atom. The van der Waals surface area contributed by atoms with Crippen molar-refractivity contribution in [3.8, 4) is 11.1 Å². The lowest BCUT2D eigenvalue weighted by Crippen LogP contribution is -2.33. The fourth-order valence-electron chi connectivity index (χ4n) is 3.18. The number of H-pyrrole nitrogens is 1. The average molecular weight is 419 g/mol. The van der Waals surface area contributed by atoms with Crippen molar-refractivity contribution < 1.29 is 24.5 Å². The first-order valence-corrected chi connectivity index (χ1v) is 9.48. The molecule has 30 heavy (non-hydrogen) atoms. The van der Waals surface area contributed by atoms with Crippen LogP contribution in [0.3, 0.4) is 0 Å². The van der Waals surface area contributed by atoms with Crippen LogP contribution in [0, 0.1) is 0 Å². The molecule has 1 fully saturated rings. The second kappa shape index (κ2) is 8.42. The molecule has 1 aromatic heterocycles. The smallest absolute Gasteiger partial charge is 0.412 e. The number of hydrogen-bond donors (Lipinski definition) is 4. The SMILES string of the molecule is CC(C)(C)OC(=O)Nc1ccccc1-c1cn([C@H]2C[C@H](O)[C@@H](CO)O2)c(=O)[nH]c1=O. The Labute approximate surface area is 172 Å². The van der Waals surface area contributed by atoms with E-state index in [1.165, 1.54) is 6.20 Å². The molecule has 2 aromatic rings. The van der Waals surface area contributed by atoms with Gasteiger partial charge in [0.15, 0.2) is 0 Å². The van der Waals surface area contributed by atoms with Gasteiger partial charge in [-0.3, -0.25) is 19.7 Å². The summed E-state index contributed by atoms with van der Waals surface area (Å²) >= 11 is 0. The maximum absolute atomic E-state index is 12.5. The first kappa shape index (κ1) is 21.8. The van der Waals surface area contributed by atoms with Crippen LogP contribution in [0.1, 0.15) is 33.4 Å². The Balaban J connectivity index is 1.98. The summed E-state index contributed by atoms with van der Waals surface area (Å²) in [5.41, 5.74) is -1.25. The zero-order valence-electron chi connectivity index (χ0n) is 16.9. The number of aliphatic hydroxyl groups excluding tert-OH is 2. The van der Waals surface area contributed by atoms with Gasteiger partial charge in [0, 0.05) is 18.2 Å². The molecule has 0 bridgehead atoms. The molecule has 0 aliphatic carbocycles. The minimum Gasteiger partial charge on any atom is -0.444 e. The molecule has 1 aromatic carbocycles. The van der Waals surface area contributed by atoms with E-state index in [-0.39, 0.29) is 12.0 Å². The van der Waals surface area contributed by atoms with Crippen molar-refractivity contribution in [1.29, 1.82) is 0 Å². The molecule has 3 rings (SSSR count). The molecule has 1 amide bonds. The number of amides is 1. The van der Waals surface area contributed by atoms with E-state index in [1.54, 1.807) is 45.0 Å². The Morgan fingerprint density at radius 2 is 2.00 bits per heavy atom. The van der Waals surface area contributed by atoms with Crippen LogP contribution in [0.4, 0.5) is 10.5 Å². The van der Waals surface area contributed by atoms with Crippen LogP contribution in [-0.4, -0.2) is 50.3 Å². The second-order valence-electron chi connectivity index (χ2n) is 8.00. The summed E-state index contributed by atoms with van der Waals surface area (Å²) in [4.78, 5) is 39.3. The van der Waals surface area contributed by atoms with Crippen molar-refractivity contribution in [3.05, 3.63) is 51.3 Å². The zero-order valence-corrected chi connectivity index (χ0v) is 16.9. The van der Waals surface area contributed by atoms with E-state index in [4.69, 9.17) is 9.47 Å². The summed E-state index contributed by atoms with van der Waals surface area (Å²) in [7, 11) is 0. The number of rotatable bonds is 4. The number of aliphatic hydroxyl groups is 2. The Kier molecular flexibility index (Phi) is 6.11. The minimum absolute atomic E-state index is 0.0778. The Morgan fingerprint density at radius 3 is 2.63 bits per heavy atom. The van der Waals surface area contributed by atoms with Crippen LogP contribution >= 0.6 is 0 Å². The quantitative estimate of drug-likeness (QED) is 0.583. The van der Waals surface area contributed by atoms with Crippen molar-refractivity contribution in [3.63, 3.8) is 0 Å². The van der Waals surface area contributed by atoms with Gasteiger partial charge >= 0.3 is 11.8 Å². The Hall–Kier alpha value is -2.95. The molecule has 2 heterocycles. The number of aromatic nitrogens is 2. The van der Waals surface area contributed by atoms with E-state index in [1.807, 2.05) is 0 Å². The van der Waals surface area contributed by atoms with Crippen molar-refractivity contribution in [2.45, 2.75) is 51.2 Å². The monoisotopic (exact) mass is 419 g/mol. The van der Waals surface area contributed by atoms with E-state index in [9.17, 15) is 24.6 Å². The molecule has 0 saturated carbocycles. The lowest BCUT2D eigenvalue weighted by molar-refractivity contribution is -0.0458. The molecule has 162 valence electrons. The molecule has 0 radical (unpaired) electrons. The molecule has 0 unspecified atom stereocenters. The molecule has 4 N–H and O–H groups in total. The van der Waals surface area contributed by atoms with Crippen LogP contribution in [0.25, 0.3) is 11.1 Å². The molecular formula is C20H25N3O7. The van der Waals surface area contributed by atoms with E-state index >= 15 is 0 Å². The number of nitrogens with zero attached hydrogens (tertiary/aromatic N) is 1. The summed E-state index contributed by atoms with van der Waals surface area (Å²) in [5.74, 6) is 0. The highest BCUT2D eigenvalue weighted by molar-refractivity contribution is 5.91. The summed E-state index contributed by atoms with van der Waals surface area (Å²) < 4.78 is 11.9. The largest absolute Gasteiger partial charge is 0.444 e. The van der Waals surface area contributed by atoms with E-state index < -0.39 is 48.0 Å². The number of nitrogens with one attached hydrogen (secondary N) is 2. The molecule has 1 aliphatic heterocycles. The zero-order chi connectivity index (χ0) is 22.1. The Bertz CT molecular complexity index is 1040. The number of para-hydroxylation sites is 1. The number of benzene rings is 1. The standard InChI is InChI=1S/C20H25N3O7/c1-20(2,3)30-19(28)21-13-7-5-4-6-11(13)12-9-23(18(27)22-17(12)26)16-8-14(25)15(10-24)29-16/h4-7,9,14-16,24-25H,8,10H2,1-3H3,(H,21,28)(H,22,26,27)/t14-,15+,16+/m0/s1.